The maximum Gasteiger partial charge on any atom is 0.0550 e. The van der Waals surface area contributed by atoms with Gasteiger partial charge < -0.3 is 15.4 Å². The molecule has 2 heterocycles. The molecule has 0 saturated carbocycles. The van der Waals surface area contributed by atoms with Gasteiger partial charge in [0.2, 0.25) is 0 Å². The van der Waals surface area contributed by atoms with Gasteiger partial charge in [0.05, 0.1) is 6.61 Å². The minimum atomic E-state index is 0.413. The monoisotopic (exact) mass is 170 g/mol. The Morgan fingerprint density at radius 2 is 2.00 bits per heavy atom. The molecule has 70 valence electrons. The van der Waals surface area contributed by atoms with E-state index in [1.165, 1.54) is 13.1 Å². The Hall–Kier alpha value is -0.120. The molecule has 2 aliphatic rings. The van der Waals surface area contributed by atoms with Crippen LogP contribution in [0, 0.1) is 11.3 Å². The fourth-order valence-electron chi connectivity index (χ4n) is 2.37. The SMILES string of the molecule is CCOCC12CNCC1CNC2. The summed E-state index contributed by atoms with van der Waals surface area (Å²) in [6, 6.07) is 0. The van der Waals surface area contributed by atoms with Crippen molar-refractivity contribution < 1.29 is 4.74 Å². The summed E-state index contributed by atoms with van der Waals surface area (Å²) < 4.78 is 5.54. The van der Waals surface area contributed by atoms with Crippen LogP contribution in [0.3, 0.4) is 0 Å². The molecule has 0 atom stereocenters. The molecule has 2 aliphatic heterocycles. The first-order valence-corrected chi connectivity index (χ1v) is 4.86. The second-order valence-electron chi connectivity index (χ2n) is 3.96. The lowest BCUT2D eigenvalue weighted by molar-refractivity contribution is 0.0565. The van der Waals surface area contributed by atoms with Crippen LogP contribution in [0.25, 0.3) is 0 Å². The van der Waals surface area contributed by atoms with Crippen LogP contribution in [0.15, 0.2) is 0 Å². The van der Waals surface area contributed by atoms with Crippen LogP contribution < -0.4 is 10.6 Å². The van der Waals surface area contributed by atoms with Crippen molar-refractivity contribution in [3.8, 4) is 0 Å². The summed E-state index contributed by atoms with van der Waals surface area (Å²) in [5.41, 5.74) is 0.413. The number of hydrogen-bond donors (Lipinski definition) is 2. The van der Waals surface area contributed by atoms with Gasteiger partial charge in [-0.25, -0.2) is 0 Å². The van der Waals surface area contributed by atoms with Crippen molar-refractivity contribution in [2.24, 2.45) is 11.3 Å². The first-order chi connectivity index (χ1) is 5.87. The molecule has 0 unspecified atom stereocenters. The van der Waals surface area contributed by atoms with Gasteiger partial charge in [0.25, 0.3) is 0 Å². The van der Waals surface area contributed by atoms with E-state index < -0.39 is 0 Å². The van der Waals surface area contributed by atoms with Crippen molar-refractivity contribution in [1.82, 2.24) is 10.6 Å². The Labute approximate surface area is 73.9 Å². The van der Waals surface area contributed by atoms with E-state index in [0.717, 1.165) is 32.2 Å². The number of fused-ring (bicyclic) bond motifs is 1. The molecule has 2 N–H and O–H groups in total. The largest absolute Gasteiger partial charge is 0.381 e. The van der Waals surface area contributed by atoms with Gasteiger partial charge in [-0.2, -0.15) is 0 Å². The summed E-state index contributed by atoms with van der Waals surface area (Å²) in [4.78, 5) is 0. The van der Waals surface area contributed by atoms with Crippen molar-refractivity contribution >= 4 is 0 Å². The molecule has 12 heavy (non-hydrogen) atoms. The predicted molar refractivity (Wildman–Crippen MR) is 48.2 cm³/mol. The van der Waals surface area contributed by atoms with Gasteiger partial charge in [0.15, 0.2) is 0 Å². The van der Waals surface area contributed by atoms with E-state index in [4.69, 9.17) is 4.74 Å². The van der Waals surface area contributed by atoms with E-state index in [1.54, 1.807) is 0 Å². The summed E-state index contributed by atoms with van der Waals surface area (Å²) in [5.74, 6) is 0.795. The molecule has 0 radical (unpaired) electrons. The summed E-state index contributed by atoms with van der Waals surface area (Å²) in [6.07, 6.45) is 0. The topological polar surface area (TPSA) is 33.3 Å². The van der Waals surface area contributed by atoms with Crippen molar-refractivity contribution in [1.29, 1.82) is 0 Å². The third-order valence-corrected chi connectivity index (χ3v) is 3.20. The zero-order chi connectivity index (χ0) is 8.44. The molecule has 0 aromatic carbocycles. The van der Waals surface area contributed by atoms with E-state index in [-0.39, 0.29) is 0 Å². The number of ether oxygens (including phenoxy) is 1. The van der Waals surface area contributed by atoms with Gasteiger partial charge in [0.1, 0.15) is 0 Å². The number of rotatable bonds is 3. The van der Waals surface area contributed by atoms with Crippen LogP contribution in [0.4, 0.5) is 0 Å². The molecule has 2 fully saturated rings. The van der Waals surface area contributed by atoms with Crippen molar-refractivity contribution in [2.45, 2.75) is 6.92 Å². The molecular formula is C9H18N2O. The van der Waals surface area contributed by atoms with Gasteiger partial charge in [-0.1, -0.05) is 0 Å². The van der Waals surface area contributed by atoms with Crippen LogP contribution in [-0.4, -0.2) is 39.4 Å². The Morgan fingerprint density at radius 1 is 1.33 bits per heavy atom. The maximum atomic E-state index is 5.54. The normalized spacial score (nSPS) is 40.2. The summed E-state index contributed by atoms with van der Waals surface area (Å²) in [7, 11) is 0. The Kier molecular flexibility index (Phi) is 2.35. The highest BCUT2D eigenvalue weighted by Crippen LogP contribution is 2.34. The van der Waals surface area contributed by atoms with Gasteiger partial charge in [-0.05, 0) is 25.9 Å². The van der Waals surface area contributed by atoms with E-state index in [1.807, 2.05) is 0 Å². The fraction of sp³-hybridized carbons (Fsp3) is 1.00. The quantitative estimate of drug-likeness (QED) is 0.617. The minimum absolute atomic E-state index is 0.413. The molecule has 0 aromatic rings. The Balaban J connectivity index is 1.97. The van der Waals surface area contributed by atoms with E-state index in [9.17, 15) is 0 Å². The van der Waals surface area contributed by atoms with E-state index in [0.29, 0.717) is 5.41 Å². The molecule has 3 nitrogen and oxygen atoms in total. The highest BCUT2D eigenvalue weighted by Gasteiger charge is 2.46. The first kappa shape index (κ1) is 8.48. The molecule has 0 spiro atoms. The molecule has 3 heteroatoms. The van der Waals surface area contributed by atoms with E-state index in [2.05, 4.69) is 17.6 Å². The van der Waals surface area contributed by atoms with Gasteiger partial charge in [0, 0.05) is 25.1 Å². The van der Waals surface area contributed by atoms with Crippen molar-refractivity contribution in [2.75, 3.05) is 39.4 Å². The van der Waals surface area contributed by atoms with Crippen LogP contribution in [0.5, 0.6) is 0 Å². The fourth-order valence-corrected chi connectivity index (χ4v) is 2.37. The molecule has 2 saturated heterocycles. The van der Waals surface area contributed by atoms with Gasteiger partial charge in [-0.15, -0.1) is 0 Å². The zero-order valence-corrected chi connectivity index (χ0v) is 7.73. The third-order valence-electron chi connectivity index (χ3n) is 3.20. The highest BCUT2D eigenvalue weighted by atomic mass is 16.5. The standard InChI is InChI=1S/C9H18N2O/c1-2-12-7-9-5-10-3-8(9)4-11-6-9/h8,10-11H,2-7H2,1H3. The molecule has 0 amide bonds. The van der Waals surface area contributed by atoms with E-state index >= 15 is 0 Å². The summed E-state index contributed by atoms with van der Waals surface area (Å²) in [5, 5.41) is 6.91. The molecule has 0 bridgehead atoms. The third kappa shape index (κ3) is 1.26. The molecular weight excluding hydrogens is 152 g/mol. The van der Waals surface area contributed by atoms with Gasteiger partial charge >= 0.3 is 0 Å². The van der Waals surface area contributed by atoms with Crippen LogP contribution in [0.1, 0.15) is 6.92 Å². The zero-order valence-electron chi connectivity index (χ0n) is 7.73. The predicted octanol–water partition coefficient (Wildman–Crippen LogP) is -0.168. The van der Waals surface area contributed by atoms with Crippen molar-refractivity contribution in [3.05, 3.63) is 0 Å². The molecule has 2 rings (SSSR count). The lowest BCUT2D eigenvalue weighted by Gasteiger charge is -2.26. The number of nitrogens with one attached hydrogen (secondary N) is 2. The maximum absolute atomic E-state index is 5.54. The molecule has 0 aliphatic carbocycles. The smallest absolute Gasteiger partial charge is 0.0550 e. The Bertz CT molecular complexity index is 151. The lowest BCUT2D eigenvalue weighted by atomic mass is 9.82. The average Bonchev–Trinajstić information content (AvgIpc) is 2.58. The lowest BCUT2D eigenvalue weighted by Crippen LogP contribution is -2.36. The van der Waals surface area contributed by atoms with Crippen LogP contribution >= 0.6 is 0 Å². The van der Waals surface area contributed by atoms with Gasteiger partial charge in [-0.3, -0.25) is 0 Å². The van der Waals surface area contributed by atoms with Crippen LogP contribution in [0.2, 0.25) is 0 Å². The first-order valence-electron chi connectivity index (χ1n) is 4.86. The highest BCUT2D eigenvalue weighted by molar-refractivity contribution is 5.01. The number of hydrogen-bond acceptors (Lipinski definition) is 3. The molecule has 0 aromatic heterocycles. The van der Waals surface area contributed by atoms with Crippen LogP contribution in [-0.2, 0) is 4.74 Å². The summed E-state index contributed by atoms with van der Waals surface area (Å²) >= 11 is 0. The van der Waals surface area contributed by atoms with Crippen molar-refractivity contribution in [3.63, 3.8) is 0 Å². The average molecular weight is 170 g/mol. The Morgan fingerprint density at radius 3 is 2.58 bits per heavy atom. The second-order valence-corrected chi connectivity index (χ2v) is 3.96. The second kappa shape index (κ2) is 3.32. The summed E-state index contributed by atoms with van der Waals surface area (Å²) in [6.45, 7) is 8.43. The minimum Gasteiger partial charge on any atom is -0.381 e.